The molecule has 0 aliphatic rings. The Kier molecular flexibility index (Phi) is 5.78. The molecule has 0 saturated heterocycles. The molecule has 0 fully saturated rings. The monoisotopic (exact) mass is 405 g/mol. The molecule has 0 bridgehead atoms. The first-order valence-corrected chi connectivity index (χ1v) is 9.68. The van der Waals surface area contributed by atoms with Crippen molar-refractivity contribution in [2.24, 2.45) is 0 Å². The average molecular weight is 406 g/mol. The molecule has 0 unspecified atom stereocenters. The molecule has 140 valence electrons. The number of anilines is 1. The summed E-state index contributed by atoms with van der Waals surface area (Å²) in [5, 5.41) is 0.0854. The Morgan fingerprint density at radius 2 is 2.00 bits per heavy atom. The lowest BCUT2D eigenvalue weighted by Gasteiger charge is -2.11. The van der Waals surface area contributed by atoms with E-state index in [4.69, 9.17) is 21.1 Å². The first-order valence-electron chi connectivity index (χ1n) is 7.82. The molecule has 27 heavy (non-hydrogen) atoms. The highest BCUT2D eigenvalue weighted by Gasteiger charge is 2.17. The second kappa shape index (κ2) is 8.24. The highest BCUT2D eigenvalue weighted by atomic mass is 35.5. The zero-order valence-corrected chi connectivity index (χ0v) is 15.9. The van der Waals surface area contributed by atoms with E-state index in [-0.39, 0.29) is 15.8 Å². The summed E-state index contributed by atoms with van der Waals surface area (Å²) in [5.74, 6) is 0.693. The molecule has 3 rings (SSSR count). The molecule has 0 radical (unpaired) electrons. The highest BCUT2D eigenvalue weighted by molar-refractivity contribution is 7.92. The zero-order valence-electron chi connectivity index (χ0n) is 14.3. The predicted molar refractivity (Wildman–Crippen MR) is 102 cm³/mol. The number of nitrogens with one attached hydrogen (secondary N) is 1. The van der Waals surface area contributed by atoms with E-state index >= 15 is 0 Å². The van der Waals surface area contributed by atoms with Crippen LogP contribution in [0.1, 0.15) is 5.56 Å². The van der Waals surface area contributed by atoms with E-state index in [1.165, 1.54) is 13.2 Å². The summed E-state index contributed by atoms with van der Waals surface area (Å²) >= 11 is 5.84. The van der Waals surface area contributed by atoms with Gasteiger partial charge in [0, 0.05) is 36.3 Å². The van der Waals surface area contributed by atoms with Crippen LogP contribution in [0.25, 0.3) is 0 Å². The number of rotatable bonds is 7. The van der Waals surface area contributed by atoms with Crippen LogP contribution in [0.15, 0.2) is 66.0 Å². The van der Waals surface area contributed by atoms with Gasteiger partial charge in [0.05, 0.1) is 12.8 Å². The van der Waals surface area contributed by atoms with Crippen LogP contribution in [0.3, 0.4) is 0 Å². The minimum atomic E-state index is -3.86. The Morgan fingerprint density at radius 3 is 2.74 bits per heavy atom. The highest BCUT2D eigenvalue weighted by Crippen LogP contribution is 2.26. The van der Waals surface area contributed by atoms with E-state index in [1.807, 2.05) is 12.1 Å². The number of ether oxygens (including phenoxy) is 2. The van der Waals surface area contributed by atoms with Crippen LogP contribution in [0.2, 0.25) is 5.15 Å². The summed E-state index contributed by atoms with van der Waals surface area (Å²) in [4.78, 5) is 7.78. The molecule has 7 nitrogen and oxygen atoms in total. The number of hydrogen-bond acceptors (Lipinski definition) is 6. The number of halogens is 1. The number of benzene rings is 1. The van der Waals surface area contributed by atoms with E-state index in [0.717, 1.165) is 11.8 Å². The van der Waals surface area contributed by atoms with E-state index in [2.05, 4.69) is 14.7 Å². The lowest BCUT2D eigenvalue weighted by atomic mass is 10.3. The molecule has 9 heteroatoms. The van der Waals surface area contributed by atoms with E-state index < -0.39 is 10.0 Å². The molecule has 1 aromatic carbocycles. The summed E-state index contributed by atoms with van der Waals surface area (Å²) in [6.45, 7) is 0.322. The topological polar surface area (TPSA) is 90.4 Å². The number of hydrogen-bond donors (Lipinski definition) is 1. The molecule has 0 aliphatic heterocycles. The van der Waals surface area contributed by atoms with Crippen LogP contribution in [0, 0.1) is 0 Å². The molecular formula is C18H16ClN3O4S. The fraction of sp³-hybridized carbons (Fsp3) is 0.111. The van der Waals surface area contributed by atoms with Gasteiger partial charge >= 0.3 is 0 Å². The number of nitrogens with zero attached hydrogens (tertiary/aromatic N) is 2. The minimum Gasteiger partial charge on any atom is -0.493 e. The van der Waals surface area contributed by atoms with Gasteiger partial charge in [-0.3, -0.25) is 9.71 Å². The standard InChI is InChI=1S/C18H16ClN3O4S/c1-25-17-9-16(11-21-18(17)19)27(23,24)22-14-5-2-6-15(8-14)26-12-13-4-3-7-20-10-13/h2-11,22H,12H2,1H3. The van der Waals surface area contributed by atoms with E-state index in [1.54, 1.807) is 36.7 Å². The van der Waals surface area contributed by atoms with Crippen molar-refractivity contribution >= 4 is 27.3 Å². The molecule has 2 aromatic heterocycles. The molecule has 0 amide bonds. The molecule has 0 aliphatic carbocycles. The normalized spacial score (nSPS) is 11.0. The maximum Gasteiger partial charge on any atom is 0.263 e. The summed E-state index contributed by atoms with van der Waals surface area (Å²) in [7, 11) is -2.48. The van der Waals surface area contributed by atoms with Gasteiger partial charge in [-0.2, -0.15) is 0 Å². The first kappa shape index (κ1) is 18.9. The average Bonchev–Trinajstić information content (AvgIpc) is 2.67. The third-order valence-electron chi connectivity index (χ3n) is 3.53. The van der Waals surface area contributed by atoms with Gasteiger partial charge in [-0.15, -0.1) is 0 Å². The number of methoxy groups -OCH3 is 1. The summed E-state index contributed by atoms with van der Waals surface area (Å²) in [6, 6.07) is 11.7. The van der Waals surface area contributed by atoms with Gasteiger partial charge in [0.1, 0.15) is 17.3 Å². The van der Waals surface area contributed by atoms with Crippen molar-refractivity contribution in [2.45, 2.75) is 11.5 Å². The van der Waals surface area contributed by atoms with E-state index in [0.29, 0.717) is 18.0 Å². The lowest BCUT2D eigenvalue weighted by molar-refractivity contribution is 0.306. The van der Waals surface area contributed by atoms with Crippen LogP contribution in [0.4, 0.5) is 5.69 Å². The lowest BCUT2D eigenvalue weighted by Crippen LogP contribution is -2.13. The van der Waals surface area contributed by atoms with Crippen molar-refractivity contribution in [3.63, 3.8) is 0 Å². The maximum atomic E-state index is 12.6. The van der Waals surface area contributed by atoms with E-state index in [9.17, 15) is 8.42 Å². The summed E-state index contributed by atoms with van der Waals surface area (Å²) in [5.41, 5.74) is 1.26. The molecule has 0 spiro atoms. The van der Waals surface area contributed by atoms with Gasteiger partial charge in [-0.25, -0.2) is 13.4 Å². The minimum absolute atomic E-state index is 0.0644. The number of sulfonamides is 1. The van der Waals surface area contributed by atoms with Crippen LogP contribution < -0.4 is 14.2 Å². The Balaban J connectivity index is 1.75. The predicted octanol–water partition coefficient (Wildman–Crippen LogP) is 3.52. The SMILES string of the molecule is COc1cc(S(=O)(=O)Nc2cccc(OCc3cccnc3)c2)cnc1Cl. The van der Waals surface area contributed by atoms with Crippen molar-refractivity contribution in [1.29, 1.82) is 0 Å². The number of pyridine rings is 2. The Hall–Kier alpha value is -2.84. The van der Waals surface area contributed by atoms with Crippen LogP contribution in [0.5, 0.6) is 11.5 Å². The second-order valence-corrected chi connectivity index (χ2v) is 7.49. The van der Waals surface area contributed by atoms with Gasteiger partial charge in [0.2, 0.25) is 0 Å². The first-order chi connectivity index (χ1) is 13.0. The fourth-order valence-electron chi connectivity index (χ4n) is 2.21. The summed E-state index contributed by atoms with van der Waals surface area (Å²) in [6.07, 6.45) is 4.54. The molecule has 1 N–H and O–H groups in total. The van der Waals surface area contributed by atoms with Gasteiger partial charge < -0.3 is 9.47 Å². The molecular weight excluding hydrogens is 390 g/mol. The Bertz CT molecular complexity index is 1030. The van der Waals surface area contributed by atoms with Crippen molar-refractivity contribution in [3.8, 4) is 11.5 Å². The van der Waals surface area contributed by atoms with Crippen LogP contribution >= 0.6 is 11.6 Å². The van der Waals surface area contributed by atoms with Crippen LogP contribution in [-0.4, -0.2) is 25.5 Å². The quantitative estimate of drug-likeness (QED) is 0.605. The largest absolute Gasteiger partial charge is 0.493 e. The molecule has 3 aromatic rings. The van der Waals surface area contributed by atoms with Gasteiger partial charge in [0.25, 0.3) is 10.0 Å². The Labute approximate surface area is 162 Å². The van der Waals surface area contributed by atoms with Gasteiger partial charge in [-0.1, -0.05) is 23.7 Å². The number of aromatic nitrogens is 2. The van der Waals surface area contributed by atoms with Crippen LogP contribution in [-0.2, 0) is 16.6 Å². The zero-order chi connectivity index (χ0) is 19.3. The third-order valence-corrected chi connectivity index (χ3v) is 5.16. The molecule has 0 atom stereocenters. The van der Waals surface area contributed by atoms with Crippen molar-refractivity contribution < 1.29 is 17.9 Å². The van der Waals surface area contributed by atoms with Crippen molar-refractivity contribution in [2.75, 3.05) is 11.8 Å². The molecule has 0 saturated carbocycles. The second-order valence-electron chi connectivity index (χ2n) is 5.45. The van der Waals surface area contributed by atoms with Crippen molar-refractivity contribution in [1.82, 2.24) is 9.97 Å². The third kappa shape index (κ3) is 4.87. The summed E-state index contributed by atoms with van der Waals surface area (Å²) < 4.78 is 38.3. The van der Waals surface area contributed by atoms with Gasteiger partial charge in [-0.05, 0) is 18.2 Å². The van der Waals surface area contributed by atoms with Crippen molar-refractivity contribution in [3.05, 3.63) is 71.8 Å². The Morgan fingerprint density at radius 1 is 1.15 bits per heavy atom. The maximum absolute atomic E-state index is 12.6. The fourth-order valence-corrected chi connectivity index (χ4v) is 3.40. The smallest absolute Gasteiger partial charge is 0.263 e. The van der Waals surface area contributed by atoms with Gasteiger partial charge in [0.15, 0.2) is 10.9 Å². The molecule has 2 heterocycles.